The van der Waals surface area contributed by atoms with Crippen LogP contribution in [0, 0.1) is 12.1 Å². The Morgan fingerprint density at radius 1 is 0.667 bits per heavy atom. The molecule has 2 heteroatoms. The fraction of sp³-hybridized carbons (Fsp3) is 0.250. The summed E-state index contributed by atoms with van der Waals surface area (Å²) in [6.07, 6.45) is 0. The molecule has 0 spiro atoms. The Morgan fingerprint density at radius 3 is 1.06 bits per heavy atom. The molecule has 0 saturated carbocycles. The molecule has 0 bridgehead atoms. The largest absolute Gasteiger partial charge is 2.00 e. The van der Waals surface area contributed by atoms with Crippen LogP contribution in [0.25, 0.3) is 0 Å². The Morgan fingerprint density at radius 2 is 1.00 bits per heavy atom. The Bertz CT molecular complexity index is 223. The molecule has 0 aliphatic carbocycles. The fourth-order valence-corrected chi connectivity index (χ4v) is 0.888. The van der Waals surface area contributed by atoms with Gasteiger partial charge in [-0.3, -0.25) is 0 Å². The van der Waals surface area contributed by atoms with E-state index in [2.05, 4.69) is 12.1 Å². The van der Waals surface area contributed by atoms with Crippen LogP contribution in [0.4, 0.5) is 0 Å². The van der Waals surface area contributed by atoms with Gasteiger partial charge in [-0.15, -0.1) is 0 Å². The third-order valence-electron chi connectivity index (χ3n) is 1.62. The van der Waals surface area contributed by atoms with Crippen molar-refractivity contribution in [2.45, 2.75) is 13.8 Å². The quantitative estimate of drug-likeness (QED) is 0.572. The van der Waals surface area contributed by atoms with Crippen LogP contribution in [0.3, 0.4) is 0 Å². The van der Waals surface area contributed by atoms with Crippen molar-refractivity contribution in [2.24, 2.45) is 0 Å². The third-order valence-corrected chi connectivity index (χ3v) is 1.62. The summed E-state index contributed by atoms with van der Waals surface area (Å²) >= 11 is 0. The van der Waals surface area contributed by atoms with Crippen LogP contribution in [0.15, 0.2) is 60.7 Å². The fourth-order valence-electron chi connectivity index (χ4n) is 0.888. The first-order valence-electron chi connectivity index (χ1n) is 5.81. The van der Waals surface area contributed by atoms with Crippen LogP contribution in [0.1, 0.15) is 13.8 Å². The van der Waals surface area contributed by atoms with Gasteiger partial charge in [0.1, 0.15) is 0 Å². The molecular formula is C16H20BeO. The predicted molar refractivity (Wildman–Crippen MR) is 78.5 cm³/mol. The zero-order valence-corrected chi connectivity index (χ0v) is 11.3. The molecule has 0 aliphatic rings. The van der Waals surface area contributed by atoms with E-state index >= 15 is 0 Å². The monoisotopic (exact) mass is 237 g/mol. The van der Waals surface area contributed by atoms with Gasteiger partial charge in [-0.2, -0.15) is 72.8 Å². The van der Waals surface area contributed by atoms with Crippen molar-refractivity contribution in [3.8, 4) is 0 Å². The van der Waals surface area contributed by atoms with Gasteiger partial charge in [0.05, 0.1) is 0 Å². The van der Waals surface area contributed by atoms with Crippen LogP contribution >= 0.6 is 0 Å². The summed E-state index contributed by atoms with van der Waals surface area (Å²) in [4.78, 5) is 0. The number of ether oxygens (including phenoxy) is 1. The van der Waals surface area contributed by atoms with E-state index in [9.17, 15) is 0 Å². The van der Waals surface area contributed by atoms with E-state index in [1.165, 1.54) is 0 Å². The molecule has 92 valence electrons. The molecule has 0 aliphatic heterocycles. The second-order valence-electron chi connectivity index (χ2n) is 2.94. The SMILES string of the molecule is CCOCC.[Be+2].[c-]1ccccc1.[c-]1ccccc1. The maximum Gasteiger partial charge on any atom is 2.00 e. The number of benzene rings is 2. The summed E-state index contributed by atoms with van der Waals surface area (Å²) in [6, 6.07) is 25.0. The summed E-state index contributed by atoms with van der Waals surface area (Å²) in [5.74, 6) is 0. The van der Waals surface area contributed by atoms with E-state index in [1.807, 2.05) is 74.5 Å². The third kappa shape index (κ3) is 17.0. The van der Waals surface area contributed by atoms with E-state index < -0.39 is 0 Å². The van der Waals surface area contributed by atoms with Gasteiger partial charge < -0.3 is 4.74 Å². The molecule has 1 nitrogen and oxygen atoms in total. The standard InChI is InChI=1S/2C6H5.C4H10O.Be/c2*1-2-4-6-5-3-1;1-3-5-4-2;/h2*1-5H;3-4H2,1-2H3;/q2*-1;;+2. The van der Waals surface area contributed by atoms with Gasteiger partial charge in [-0.05, 0) is 13.8 Å². The summed E-state index contributed by atoms with van der Waals surface area (Å²) in [7, 11) is 0. The topological polar surface area (TPSA) is 9.23 Å². The van der Waals surface area contributed by atoms with Crippen LogP contribution in [-0.2, 0) is 4.74 Å². The Labute approximate surface area is 115 Å². The molecule has 0 aromatic heterocycles. The van der Waals surface area contributed by atoms with Crippen molar-refractivity contribution in [2.75, 3.05) is 13.2 Å². The smallest absolute Gasteiger partial charge is 0.382 e. The minimum absolute atomic E-state index is 0. The summed E-state index contributed by atoms with van der Waals surface area (Å²) in [5.41, 5.74) is 0. The molecule has 0 heterocycles. The molecule has 0 atom stereocenters. The van der Waals surface area contributed by atoms with Gasteiger partial charge in [0.15, 0.2) is 0 Å². The molecule has 0 N–H and O–H groups in total. The van der Waals surface area contributed by atoms with Gasteiger partial charge in [0, 0.05) is 13.2 Å². The van der Waals surface area contributed by atoms with E-state index in [4.69, 9.17) is 4.74 Å². The van der Waals surface area contributed by atoms with E-state index in [-0.39, 0.29) is 10.1 Å². The van der Waals surface area contributed by atoms with Crippen molar-refractivity contribution in [1.82, 2.24) is 0 Å². The van der Waals surface area contributed by atoms with E-state index in [1.54, 1.807) is 0 Å². The maximum atomic E-state index is 4.83. The molecule has 18 heavy (non-hydrogen) atoms. The molecule has 0 radical (unpaired) electrons. The van der Waals surface area contributed by atoms with Crippen molar-refractivity contribution >= 4 is 10.1 Å². The number of hydrogen-bond donors (Lipinski definition) is 0. The molecule has 2 aromatic rings. The number of hydrogen-bond acceptors (Lipinski definition) is 1. The van der Waals surface area contributed by atoms with Gasteiger partial charge in [0.2, 0.25) is 0 Å². The molecule has 0 amide bonds. The second kappa shape index (κ2) is 17.9. The summed E-state index contributed by atoms with van der Waals surface area (Å²) in [6.45, 7) is 5.67. The van der Waals surface area contributed by atoms with Crippen molar-refractivity contribution in [3.63, 3.8) is 0 Å². The van der Waals surface area contributed by atoms with Gasteiger partial charge >= 0.3 is 10.1 Å². The Balaban J connectivity index is 0. The average molecular weight is 237 g/mol. The Kier molecular flexibility index (Phi) is 18.9. The minimum Gasteiger partial charge on any atom is -0.382 e. The van der Waals surface area contributed by atoms with Gasteiger partial charge in [-0.25, -0.2) is 0 Å². The summed E-state index contributed by atoms with van der Waals surface area (Å²) < 4.78 is 4.83. The maximum absolute atomic E-state index is 4.83. The minimum atomic E-state index is 0. The molecule has 0 saturated heterocycles. The molecular weight excluding hydrogens is 217 g/mol. The molecule has 2 aromatic carbocycles. The zero-order chi connectivity index (χ0) is 12.6. The summed E-state index contributed by atoms with van der Waals surface area (Å²) in [5, 5.41) is 0. The van der Waals surface area contributed by atoms with Crippen LogP contribution in [0.2, 0.25) is 0 Å². The molecule has 0 unspecified atom stereocenters. The second-order valence-corrected chi connectivity index (χ2v) is 2.94. The average Bonchev–Trinajstić information content (AvgIpc) is 2.45. The number of rotatable bonds is 2. The first kappa shape index (κ1) is 18.9. The first-order chi connectivity index (χ1) is 8.41. The van der Waals surface area contributed by atoms with Crippen LogP contribution in [0.5, 0.6) is 0 Å². The van der Waals surface area contributed by atoms with E-state index in [0.717, 1.165) is 13.2 Å². The van der Waals surface area contributed by atoms with Gasteiger partial charge in [0.25, 0.3) is 0 Å². The van der Waals surface area contributed by atoms with Crippen LogP contribution in [-0.4, -0.2) is 23.3 Å². The molecule has 2 rings (SSSR count). The van der Waals surface area contributed by atoms with Crippen molar-refractivity contribution in [3.05, 3.63) is 72.8 Å². The van der Waals surface area contributed by atoms with E-state index in [0.29, 0.717) is 0 Å². The van der Waals surface area contributed by atoms with Gasteiger partial charge in [-0.1, -0.05) is 0 Å². The van der Waals surface area contributed by atoms with Crippen molar-refractivity contribution in [1.29, 1.82) is 0 Å². The predicted octanol–water partition coefficient (Wildman–Crippen LogP) is 3.64. The first-order valence-corrected chi connectivity index (χ1v) is 5.81. The molecule has 0 fully saturated rings. The normalized spacial score (nSPS) is 7.67. The van der Waals surface area contributed by atoms with Crippen LogP contribution < -0.4 is 0 Å². The van der Waals surface area contributed by atoms with Crippen molar-refractivity contribution < 1.29 is 4.74 Å². The zero-order valence-electron chi connectivity index (χ0n) is 11.3. The Hall–Kier alpha value is -1.43.